The molecule has 0 aliphatic heterocycles. The highest BCUT2D eigenvalue weighted by molar-refractivity contribution is 5.91. The van der Waals surface area contributed by atoms with E-state index in [1.807, 2.05) is 36.4 Å². The van der Waals surface area contributed by atoms with Gasteiger partial charge in [-0.25, -0.2) is 0 Å². The second-order valence-electron chi connectivity index (χ2n) is 6.36. The molecule has 4 rings (SSSR count). The minimum absolute atomic E-state index is 0.307. The van der Waals surface area contributed by atoms with E-state index >= 15 is 0 Å². The number of hydrogen-bond donors (Lipinski definition) is 2. The Hall–Kier alpha value is -3.04. The Morgan fingerprint density at radius 3 is 2.04 bits per heavy atom. The lowest BCUT2D eigenvalue weighted by molar-refractivity contribution is 0.326. The van der Waals surface area contributed by atoms with Crippen molar-refractivity contribution in [1.29, 1.82) is 0 Å². The van der Waals surface area contributed by atoms with Gasteiger partial charge in [-0.3, -0.25) is 0 Å². The smallest absolute Gasteiger partial charge is 0.123 e. The number of rotatable bonds is 5. The summed E-state index contributed by atoms with van der Waals surface area (Å²) in [6, 6.07) is 24.1. The van der Waals surface area contributed by atoms with E-state index in [0.29, 0.717) is 25.3 Å². The van der Waals surface area contributed by atoms with Gasteiger partial charge in [0, 0.05) is 24.1 Å². The summed E-state index contributed by atoms with van der Waals surface area (Å²) >= 11 is 0. The Kier molecular flexibility index (Phi) is 4.46. The molecule has 0 aliphatic rings. The SMILES string of the molecule is NCCOc1ccc2ccccc2c1Cc1c(O)ccc2ccccc12. The fourth-order valence-electron chi connectivity index (χ4n) is 3.49. The van der Waals surface area contributed by atoms with E-state index < -0.39 is 0 Å². The van der Waals surface area contributed by atoms with E-state index in [9.17, 15) is 5.11 Å². The minimum atomic E-state index is 0.307. The molecule has 4 aromatic rings. The maximum Gasteiger partial charge on any atom is 0.123 e. The summed E-state index contributed by atoms with van der Waals surface area (Å²) in [5.74, 6) is 1.13. The molecule has 0 amide bonds. The highest BCUT2D eigenvalue weighted by Crippen LogP contribution is 2.35. The first kappa shape index (κ1) is 16.4. The van der Waals surface area contributed by atoms with Crippen LogP contribution in [0.3, 0.4) is 0 Å². The summed E-state index contributed by atoms with van der Waals surface area (Å²) in [5, 5.41) is 15.0. The van der Waals surface area contributed by atoms with Crippen molar-refractivity contribution in [3.63, 3.8) is 0 Å². The molecule has 0 fully saturated rings. The summed E-state index contributed by atoms with van der Waals surface area (Å²) in [7, 11) is 0. The third-order valence-electron chi connectivity index (χ3n) is 4.74. The number of ether oxygens (including phenoxy) is 1. The van der Waals surface area contributed by atoms with Crippen molar-refractivity contribution >= 4 is 21.5 Å². The molecule has 3 heteroatoms. The molecule has 0 atom stereocenters. The van der Waals surface area contributed by atoms with E-state index in [2.05, 4.69) is 30.3 Å². The van der Waals surface area contributed by atoms with Crippen LogP contribution in [-0.2, 0) is 6.42 Å². The molecule has 26 heavy (non-hydrogen) atoms. The second-order valence-corrected chi connectivity index (χ2v) is 6.36. The predicted molar refractivity (Wildman–Crippen MR) is 107 cm³/mol. The summed E-state index contributed by atoms with van der Waals surface area (Å²) in [6.07, 6.45) is 0.592. The average Bonchev–Trinajstić information content (AvgIpc) is 2.69. The molecular formula is C23H21NO2. The summed E-state index contributed by atoms with van der Waals surface area (Å²) in [5.41, 5.74) is 7.61. The zero-order valence-electron chi connectivity index (χ0n) is 14.5. The van der Waals surface area contributed by atoms with Crippen molar-refractivity contribution in [2.24, 2.45) is 5.73 Å². The normalized spacial score (nSPS) is 11.1. The van der Waals surface area contributed by atoms with Crippen molar-refractivity contribution in [2.75, 3.05) is 13.2 Å². The number of phenols is 1. The van der Waals surface area contributed by atoms with Crippen molar-refractivity contribution < 1.29 is 9.84 Å². The lowest BCUT2D eigenvalue weighted by atomic mass is 9.93. The van der Waals surface area contributed by atoms with Crippen LogP contribution in [0, 0.1) is 0 Å². The summed E-state index contributed by atoms with van der Waals surface area (Å²) in [6.45, 7) is 0.929. The molecular weight excluding hydrogens is 322 g/mol. The highest BCUT2D eigenvalue weighted by atomic mass is 16.5. The molecule has 130 valence electrons. The molecule has 0 radical (unpaired) electrons. The number of nitrogens with two attached hydrogens (primary N) is 1. The van der Waals surface area contributed by atoms with Crippen LogP contribution in [0.25, 0.3) is 21.5 Å². The Labute approximate surface area is 152 Å². The van der Waals surface area contributed by atoms with Crippen LogP contribution in [0.15, 0.2) is 72.8 Å². The Morgan fingerprint density at radius 2 is 1.35 bits per heavy atom. The predicted octanol–water partition coefficient (Wildman–Crippen LogP) is 4.63. The van der Waals surface area contributed by atoms with Crippen LogP contribution >= 0.6 is 0 Å². The van der Waals surface area contributed by atoms with Crippen LogP contribution in [0.4, 0.5) is 0 Å². The van der Waals surface area contributed by atoms with Crippen molar-refractivity contribution in [3.05, 3.63) is 83.9 Å². The zero-order chi connectivity index (χ0) is 17.9. The molecule has 3 N–H and O–H groups in total. The topological polar surface area (TPSA) is 55.5 Å². The standard InChI is InChI=1S/C23H21NO2/c24-13-14-26-23-12-10-17-6-2-4-8-19(17)21(23)15-20-18-7-3-1-5-16(18)9-11-22(20)25/h1-12,25H,13-15,24H2. The third-order valence-corrected chi connectivity index (χ3v) is 4.74. The van der Waals surface area contributed by atoms with E-state index in [0.717, 1.165) is 38.4 Å². The van der Waals surface area contributed by atoms with Gasteiger partial charge in [0.2, 0.25) is 0 Å². The number of benzene rings is 4. The monoisotopic (exact) mass is 343 g/mol. The number of hydrogen-bond acceptors (Lipinski definition) is 3. The largest absolute Gasteiger partial charge is 0.508 e. The van der Waals surface area contributed by atoms with E-state index in [4.69, 9.17) is 10.5 Å². The van der Waals surface area contributed by atoms with Gasteiger partial charge in [0.25, 0.3) is 0 Å². The third kappa shape index (κ3) is 2.98. The molecule has 0 bridgehead atoms. The van der Waals surface area contributed by atoms with Crippen LogP contribution < -0.4 is 10.5 Å². The molecule has 0 aromatic heterocycles. The van der Waals surface area contributed by atoms with Gasteiger partial charge in [-0.1, -0.05) is 60.7 Å². The second kappa shape index (κ2) is 7.06. The van der Waals surface area contributed by atoms with Gasteiger partial charge in [0.1, 0.15) is 18.1 Å². The Balaban J connectivity index is 1.90. The molecule has 4 aromatic carbocycles. The van der Waals surface area contributed by atoms with Crippen LogP contribution in [-0.4, -0.2) is 18.3 Å². The molecule has 0 aliphatic carbocycles. The average molecular weight is 343 g/mol. The zero-order valence-corrected chi connectivity index (χ0v) is 14.5. The molecule has 0 spiro atoms. The van der Waals surface area contributed by atoms with E-state index in [-0.39, 0.29) is 0 Å². The highest BCUT2D eigenvalue weighted by Gasteiger charge is 2.14. The van der Waals surface area contributed by atoms with Crippen LogP contribution in [0.1, 0.15) is 11.1 Å². The van der Waals surface area contributed by atoms with Gasteiger partial charge >= 0.3 is 0 Å². The molecule has 0 saturated heterocycles. The van der Waals surface area contributed by atoms with Gasteiger partial charge in [0.05, 0.1) is 0 Å². The fraction of sp³-hybridized carbons (Fsp3) is 0.130. The first-order valence-electron chi connectivity index (χ1n) is 8.81. The van der Waals surface area contributed by atoms with E-state index in [1.165, 1.54) is 0 Å². The van der Waals surface area contributed by atoms with Gasteiger partial charge in [-0.05, 0) is 33.7 Å². The fourth-order valence-corrected chi connectivity index (χ4v) is 3.49. The first-order valence-corrected chi connectivity index (χ1v) is 8.81. The van der Waals surface area contributed by atoms with Crippen LogP contribution in [0.2, 0.25) is 0 Å². The first-order chi connectivity index (χ1) is 12.8. The Bertz CT molecular complexity index is 1070. The number of phenolic OH excluding ortho intramolecular Hbond substituents is 1. The number of fused-ring (bicyclic) bond motifs is 2. The summed E-state index contributed by atoms with van der Waals surface area (Å²) in [4.78, 5) is 0. The summed E-state index contributed by atoms with van der Waals surface area (Å²) < 4.78 is 5.91. The van der Waals surface area contributed by atoms with Crippen LogP contribution in [0.5, 0.6) is 11.5 Å². The maximum absolute atomic E-state index is 10.5. The molecule has 0 unspecified atom stereocenters. The quantitative estimate of drug-likeness (QED) is 0.555. The van der Waals surface area contributed by atoms with Gasteiger partial charge in [0.15, 0.2) is 0 Å². The lowest BCUT2D eigenvalue weighted by Crippen LogP contribution is -2.11. The van der Waals surface area contributed by atoms with Crippen molar-refractivity contribution in [3.8, 4) is 11.5 Å². The van der Waals surface area contributed by atoms with E-state index in [1.54, 1.807) is 6.07 Å². The minimum Gasteiger partial charge on any atom is -0.508 e. The Morgan fingerprint density at radius 1 is 0.731 bits per heavy atom. The van der Waals surface area contributed by atoms with Gasteiger partial charge in [-0.2, -0.15) is 0 Å². The molecule has 0 saturated carbocycles. The number of aromatic hydroxyl groups is 1. The maximum atomic E-state index is 10.5. The van der Waals surface area contributed by atoms with Gasteiger partial charge in [-0.15, -0.1) is 0 Å². The van der Waals surface area contributed by atoms with Gasteiger partial charge < -0.3 is 15.6 Å². The van der Waals surface area contributed by atoms with Crippen molar-refractivity contribution in [1.82, 2.24) is 0 Å². The lowest BCUT2D eigenvalue weighted by Gasteiger charge is -2.16. The molecule has 3 nitrogen and oxygen atoms in total. The molecule has 0 heterocycles. The van der Waals surface area contributed by atoms with Crippen molar-refractivity contribution in [2.45, 2.75) is 6.42 Å².